The quantitative estimate of drug-likeness (QED) is 0.847. The van der Waals surface area contributed by atoms with Crippen molar-refractivity contribution < 1.29 is 14.2 Å². The monoisotopic (exact) mass is 306 g/mol. The number of aliphatic hydroxyl groups excluding tert-OH is 1. The average molecular weight is 306 g/mol. The first-order chi connectivity index (χ1) is 10.5. The van der Waals surface area contributed by atoms with Crippen LogP contribution in [0.1, 0.15) is 38.7 Å². The summed E-state index contributed by atoms with van der Waals surface area (Å²) in [6.07, 6.45) is 4.34. The lowest BCUT2D eigenvalue weighted by Crippen LogP contribution is -2.47. The fourth-order valence-electron chi connectivity index (χ4n) is 3.83. The van der Waals surface area contributed by atoms with Crippen molar-refractivity contribution in [1.82, 2.24) is 0 Å². The predicted octanol–water partition coefficient (Wildman–Crippen LogP) is 4.15. The van der Waals surface area contributed by atoms with Crippen LogP contribution >= 0.6 is 0 Å². The van der Waals surface area contributed by atoms with E-state index in [1.54, 1.807) is 19.2 Å². The topological polar surface area (TPSA) is 29.5 Å². The molecule has 0 spiro atoms. The molecule has 0 saturated heterocycles. The third-order valence-electron chi connectivity index (χ3n) is 4.99. The minimum atomic E-state index is -0.577. The predicted molar refractivity (Wildman–Crippen MR) is 87.2 cm³/mol. The molecule has 1 aliphatic rings. The highest BCUT2D eigenvalue weighted by molar-refractivity contribution is 5.26. The van der Waals surface area contributed by atoms with Gasteiger partial charge in [0.1, 0.15) is 5.82 Å². The Labute approximate surface area is 133 Å². The van der Waals surface area contributed by atoms with Gasteiger partial charge in [0.15, 0.2) is 0 Å². The standard InChI is InChI=1S/C19H27FO2/c1-5-6-15-16(12(2)3)11-17(22-4)19(21)18(15)13-7-9-14(20)10-8-13/h5-10,12,15-19,21H,11H2,1-4H3/b6-5+. The second-order valence-electron chi connectivity index (χ2n) is 6.59. The number of hydrogen-bond acceptors (Lipinski definition) is 2. The van der Waals surface area contributed by atoms with E-state index in [0.29, 0.717) is 11.8 Å². The Morgan fingerprint density at radius 1 is 1.27 bits per heavy atom. The van der Waals surface area contributed by atoms with Crippen LogP contribution in [0.4, 0.5) is 4.39 Å². The maximum absolute atomic E-state index is 13.2. The van der Waals surface area contributed by atoms with Gasteiger partial charge in [-0.05, 0) is 48.8 Å². The summed E-state index contributed by atoms with van der Waals surface area (Å²) in [5.41, 5.74) is 0.976. The van der Waals surface area contributed by atoms with Crippen molar-refractivity contribution in [3.8, 4) is 0 Å². The van der Waals surface area contributed by atoms with E-state index >= 15 is 0 Å². The lowest BCUT2D eigenvalue weighted by atomic mass is 9.63. The van der Waals surface area contributed by atoms with Gasteiger partial charge in [-0.15, -0.1) is 0 Å². The minimum Gasteiger partial charge on any atom is -0.390 e. The molecule has 0 radical (unpaired) electrons. The molecule has 2 nitrogen and oxygen atoms in total. The Morgan fingerprint density at radius 3 is 2.41 bits per heavy atom. The number of halogens is 1. The van der Waals surface area contributed by atoms with Crippen molar-refractivity contribution >= 4 is 0 Å². The molecule has 1 aliphatic carbocycles. The van der Waals surface area contributed by atoms with Crippen LogP contribution in [0.15, 0.2) is 36.4 Å². The molecule has 0 heterocycles. The van der Waals surface area contributed by atoms with Crippen LogP contribution in [-0.4, -0.2) is 24.4 Å². The molecule has 1 N–H and O–H groups in total. The van der Waals surface area contributed by atoms with Gasteiger partial charge >= 0.3 is 0 Å². The van der Waals surface area contributed by atoms with Crippen LogP contribution in [0, 0.1) is 23.6 Å². The summed E-state index contributed by atoms with van der Waals surface area (Å²) < 4.78 is 18.8. The van der Waals surface area contributed by atoms with Crippen LogP contribution < -0.4 is 0 Å². The van der Waals surface area contributed by atoms with Gasteiger partial charge in [-0.1, -0.05) is 38.1 Å². The smallest absolute Gasteiger partial charge is 0.123 e. The van der Waals surface area contributed by atoms with Crippen LogP contribution in [0.5, 0.6) is 0 Å². The van der Waals surface area contributed by atoms with Gasteiger partial charge in [0.25, 0.3) is 0 Å². The van der Waals surface area contributed by atoms with Crippen molar-refractivity contribution in [2.45, 2.75) is 45.3 Å². The fourth-order valence-corrected chi connectivity index (χ4v) is 3.83. The van der Waals surface area contributed by atoms with E-state index in [4.69, 9.17) is 4.74 Å². The normalized spacial score (nSPS) is 32.8. The summed E-state index contributed by atoms with van der Waals surface area (Å²) >= 11 is 0. The molecule has 1 saturated carbocycles. The first kappa shape index (κ1) is 17.2. The van der Waals surface area contributed by atoms with Crippen LogP contribution in [-0.2, 0) is 4.74 Å². The van der Waals surface area contributed by atoms with Gasteiger partial charge in [0.05, 0.1) is 12.2 Å². The van der Waals surface area contributed by atoms with E-state index in [0.717, 1.165) is 12.0 Å². The van der Waals surface area contributed by atoms with Gasteiger partial charge in [0.2, 0.25) is 0 Å². The zero-order chi connectivity index (χ0) is 16.3. The molecule has 1 fully saturated rings. The van der Waals surface area contributed by atoms with Crippen molar-refractivity contribution in [2.75, 3.05) is 7.11 Å². The zero-order valence-electron chi connectivity index (χ0n) is 13.9. The second-order valence-corrected chi connectivity index (χ2v) is 6.59. The Balaban J connectivity index is 2.44. The number of benzene rings is 1. The number of ether oxygens (including phenoxy) is 1. The molecule has 122 valence electrons. The van der Waals surface area contributed by atoms with Crippen LogP contribution in [0.25, 0.3) is 0 Å². The Kier molecular flexibility index (Phi) is 5.76. The van der Waals surface area contributed by atoms with E-state index in [-0.39, 0.29) is 23.8 Å². The summed E-state index contributed by atoms with van der Waals surface area (Å²) in [5, 5.41) is 10.8. The fraction of sp³-hybridized carbons (Fsp3) is 0.579. The van der Waals surface area contributed by atoms with Gasteiger partial charge < -0.3 is 9.84 Å². The Morgan fingerprint density at radius 2 is 1.91 bits per heavy atom. The van der Waals surface area contributed by atoms with Gasteiger partial charge in [0, 0.05) is 13.0 Å². The SMILES string of the molecule is C/C=C/C1C(C(C)C)CC(OC)C(O)C1c1ccc(F)cc1. The van der Waals surface area contributed by atoms with Crippen LogP contribution in [0.2, 0.25) is 0 Å². The van der Waals surface area contributed by atoms with E-state index in [1.807, 2.05) is 6.92 Å². The molecule has 5 unspecified atom stereocenters. The molecule has 0 aromatic heterocycles. The third kappa shape index (κ3) is 3.41. The van der Waals surface area contributed by atoms with Crippen molar-refractivity contribution in [3.63, 3.8) is 0 Å². The molecule has 1 aromatic carbocycles. The average Bonchev–Trinajstić information content (AvgIpc) is 2.49. The number of rotatable bonds is 4. The molecule has 5 atom stereocenters. The van der Waals surface area contributed by atoms with E-state index in [2.05, 4.69) is 26.0 Å². The molecule has 3 heteroatoms. The van der Waals surface area contributed by atoms with Crippen molar-refractivity contribution in [2.24, 2.45) is 17.8 Å². The minimum absolute atomic E-state index is 0.0668. The first-order valence-electron chi connectivity index (χ1n) is 8.08. The molecule has 0 aliphatic heterocycles. The molecular formula is C19H27FO2. The number of methoxy groups -OCH3 is 1. The maximum atomic E-state index is 13.2. The molecule has 0 bridgehead atoms. The summed E-state index contributed by atoms with van der Waals surface area (Å²) in [7, 11) is 1.66. The third-order valence-corrected chi connectivity index (χ3v) is 4.99. The summed E-state index contributed by atoms with van der Waals surface area (Å²) in [6, 6.07) is 6.51. The van der Waals surface area contributed by atoms with E-state index in [1.165, 1.54) is 12.1 Å². The highest BCUT2D eigenvalue weighted by atomic mass is 19.1. The molecule has 1 aromatic rings. The van der Waals surface area contributed by atoms with Gasteiger partial charge in [-0.2, -0.15) is 0 Å². The maximum Gasteiger partial charge on any atom is 0.123 e. The number of allylic oxidation sites excluding steroid dienone is 2. The lowest BCUT2D eigenvalue weighted by molar-refractivity contribution is -0.0825. The Hall–Kier alpha value is -1.19. The highest BCUT2D eigenvalue weighted by Gasteiger charge is 2.44. The van der Waals surface area contributed by atoms with Gasteiger partial charge in [-0.25, -0.2) is 4.39 Å². The zero-order valence-corrected chi connectivity index (χ0v) is 13.9. The molecule has 2 rings (SSSR count). The Bertz CT molecular complexity index is 495. The van der Waals surface area contributed by atoms with Crippen LogP contribution in [0.3, 0.4) is 0 Å². The summed E-state index contributed by atoms with van der Waals surface area (Å²) in [4.78, 5) is 0. The second kappa shape index (κ2) is 7.38. The van der Waals surface area contributed by atoms with E-state index < -0.39 is 6.10 Å². The summed E-state index contributed by atoms with van der Waals surface area (Å²) in [5.74, 6) is 0.842. The first-order valence-corrected chi connectivity index (χ1v) is 8.08. The number of hydrogen-bond donors (Lipinski definition) is 1. The van der Waals surface area contributed by atoms with Gasteiger partial charge in [-0.3, -0.25) is 0 Å². The number of aliphatic hydroxyl groups is 1. The van der Waals surface area contributed by atoms with Crippen molar-refractivity contribution in [1.29, 1.82) is 0 Å². The molecule has 0 amide bonds. The van der Waals surface area contributed by atoms with E-state index in [9.17, 15) is 9.50 Å². The van der Waals surface area contributed by atoms with Crippen molar-refractivity contribution in [3.05, 3.63) is 47.8 Å². The molecular weight excluding hydrogens is 279 g/mol. The molecule has 22 heavy (non-hydrogen) atoms. The largest absolute Gasteiger partial charge is 0.390 e. The lowest BCUT2D eigenvalue weighted by Gasteiger charge is -2.45. The highest BCUT2D eigenvalue weighted by Crippen LogP contribution is 2.46. The summed E-state index contributed by atoms with van der Waals surface area (Å²) in [6.45, 7) is 6.44.